The number of likely N-dealkylation sites (tertiary alicyclic amines) is 1. The van der Waals surface area contributed by atoms with Gasteiger partial charge in [0.15, 0.2) is 11.6 Å². The average molecular weight is 541 g/mol. The molecule has 0 amide bonds. The normalized spacial score (nSPS) is 20.2. The highest BCUT2D eigenvalue weighted by molar-refractivity contribution is 5.77. The minimum atomic E-state index is -0.969. The highest BCUT2D eigenvalue weighted by Gasteiger charge is 2.37. The Labute approximate surface area is 232 Å². The summed E-state index contributed by atoms with van der Waals surface area (Å²) in [5.74, 6) is -0.291. The number of ether oxygens (including phenoxy) is 1. The van der Waals surface area contributed by atoms with Crippen LogP contribution in [-0.2, 0) is 11.2 Å². The average Bonchev–Trinajstić information content (AvgIpc) is 3.40. The lowest BCUT2D eigenvalue weighted by Crippen LogP contribution is -2.38. The van der Waals surface area contributed by atoms with Crippen molar-refractivity contribution in [2.45, 2.75) is 89.3 Å². The van der Waals surface area contributed by atoms with E-state index >= 15 is 0 Å². The molecular weight excluding hydrogens is 495 g/mol. The number of carboxylic acid groups (broad SMARTS) is 1. The standard InChI is InChI=1S/C31H45FN4O3/c1-21(2)23-18-26(29(39-4)27(32)19-23)28(31(37)38)36-17-14-25(20-36)35(3)16-8-6-5-7-11-24-13-12-22-10-9-15-33-30(22)34-24/h9-10,15,18-19,21,24-25,28H,5-8,11-14,16-17,20H2,1-4H3,(H,33,34)(H,37,38)/t24-,25+,28-/m0/s1. The van der Waals surface area contributed by atoms with Gasteiger partial charge in [0.1, 0.15) is 11.9 Å². The zero-order valence-electron chi connectivity index (χ0n) is 24.0. The van der Waals surface area contributed by atoms with Crippen molar-refractivity contribution < 1.29 is 19.0 Å². The molecular formula is C31H45FN4O3. The number of fused-ring (bicyclic) bond motifs is 1. The second-order valence-corrected chi connectivity index (χ2v) is 11.5. The van der Waals surface area contributed by atoms with Crippen LogP contribution < -0.4 is 10.1 Å². The molecule has 4 rings (SSSR count). The molecule has 1 aromatic carbocycles. The summed E-state index contributed by atoms with van der Waals surface area (Å²) >= 11 is 0. The molecule has 7 nitrogen and oxygen atoms in total. The zero-order valence-corrected chi connectivity index (χ0v) is 24.0. The number of methoxy groups -OCH3 is 1. The number of pyridine rings is 1. The van der Waals surface area contributed by atoms with Crippen LogP contribution in [0.4, 0.5) is 10.2 Å². The van der Waals surface area contributed by atoms with Gasteiger partial charge in [-0.1, -0.05) is 39.2 Å². The molecule has 8 heteroatoms. The van der Waals surface area contributed by atoms with E-state index < -0.39 is 17.8 Å². The van der Waals surface area contributed by atoms with Gasteiger partial charge in [-0.25, -0.2) is 9.37 Å². The van der Waals surface area contributed by atoms with Crippen molar-refractivity contribution in [3.8, 4) is 5.75 Å². The van der Waals surface area contributed by atoms with Gasteiger partial charge in [0.25, 0.3) is 0 Å². The van der Waals surface area contributed by atoms with Crippen LogP contribution in [0, 0.1) is 5.82 Å². The first kappa shape index (κ1) is 29.3. The Balaban J connectivity index is 1.23. The van der Waals surface area contributed by atoms with Gasteiger partial charge in [0.2, 0.25) is 0 Å². The van der Waals surface area contributed by atoms with E-state index in [1.807, 2.05) is 31.0 Å². The number of likely N-dealkylation sites (N-methyl/N-ethyl adjacent to an activating group) is 1. The number of aryl methyl sites for hydroxylation is 1. The maximum absolute atomic E-state index is 14.8. The van der Waals surface area contributed by atoms with E-state index in [2.05, 4.69) is 28.3 Å². The summed E-state index contributed by atoms with van der Waals surface area (Å²) < 4.78 is 20.2. The van der Waals surface area contributed by atoms with Crippen molar-refractivity contribution in [2.24, 2.45) is 0 Å². The highest BCUT2D eigenvalue weighted by Crippen LogP contribution is 2.37. The SMILES string of the molecule is COc1c(F)cc(C(C)C)cc1[C@@H](C(=O)O)N1CC[C@@H](N(C)CCCCCC[C@H]2CCc3cccnc3N2)C1. The van der Waals surface area contributed by atoms with E-state index in [9.17, 15) is 14.3 Å². The van der Waals surface area contributed by atoms with Crippen LogP contribution in [-0.4, -0.2) is 71.7 Å². The van der Waals surface area contributed by atoms with Crippen molar-refractivity contribution in [3.05, 3.63) is 53.0 Å². The third kappa shape index (κ3) is 7.28. The number of aromatic nitrogens is 1. The topological polar surface area (TPSA) is 77.9 Å². The second-order valence-electron chi connectivity index (χ2n) is 11.5. The van der Waals surface area contributed by atoms with Crippen molar-refractivity contribution >= 4 is 11.8 Å². The summed E-state index contributed by atoms with van der Waals surface area (Å²) in [6, 6.07) is 7.31. The molecule has 1 fully saturated rings. The quantitative estimate of drug-likeness (QED) is 0.308. The van der Waals surface area contributed by atoms with Crippen molar-refractivity contribution in [2.75, 3.05) is 39.1 Å². The molecule has 1 aromatic heterocycles. The number of benzene rings is 1. The molecule has 0 aliphatic carbocycles. The Morgan fingerprint density at radius 2 is 2.05 bits per heavy atom. The number of rotatable bonds is 13. The van der Waals surface area contributed by atoms with E-state index in [0.717, 1.165) is 37.2 Å². The van der Waals surface area contributed by atoms with Gasteiger partial charge >= 0.3 is 5.97 Å². The van der Waals surface area contributed by atoms with Crippen LogP contribution in [0.15, 0.2) is 30.5 Å². The van der Waals surface area contributed by atoms with Crippen molar-refractivity contribution in [3.63, 3.8) is 0 Å². The number of unbranched alkanes of at least 4 members (excludes halogenated alkanes) is 3. The van der Waals surface area contributed by atoms with Gasteiger partial charge in [0, 0.05) is 36.9 Å². The molecule has 0 radical (unpaired) electrons. The molecule has 3 heterocycles. The number of hydrogen-bond acceptors (Lipinski definition) is 6. The Morgan fingerprint density at radius 1 is 1.26 bits per heavy atom. The molecule has 2 N–H and O–H groups in total. The number of aliphatic carboxylic acids is 1. The largest absolute Gasteiger partial charge is 0.493 e. The van der Waals surface area contributed by atoms with Crippen LogP contribution >= 0.6 is 0 Å². The second kappa shape index (κ2) is 13.6. The number of nitrogens with zero attached hydrogens (tertiary/aromatic N) is 3. The predicted octanol–water partition coefficient (Wildman–Crippen LogP) is 5.86. The lowest BCUT2D eigenvalue weighted by Gasteiger charge is -2.29. The Kier molecular flexibility index (Phi) is 10.2. The molecule has 3 atom stereocenters. The Morgan fingerprint density at radius 3 is 2.79 bits per heavy atom. The van der Waals surface area contributed by atoms with E-state index in [1.165, 1.54) is 50.8 Å². The number of halogens is 1. The number of nitrogens with one attached hydrogen (secondary N) is 1. The fourth-order valence-electron chi connectivity index (χ4n) is 6.11. The molecule has 39 heavy (non-hydrogen) atoms. The first-order chi connectivity index (χ1) is 18.8. The van der Waals surface area contributed by atoms with Gasteiger partial charge in [-0.05, 0) is 80.9 Å². The van der Waals surface area contributed by atoms with Gasteiger partial charge in [0.05, 0.1) is 7.11 Å². The molecule has 2 aliphatic rings. The number of carboxylic acids is 1. The van der Waals surface area contributed by atoms with Crippen molar-refractivity contribution in [1.29, 1.82) is 0 Å². The van der Waals surface area contributed by atoms with Gasteiger partial charge in [-0.2, -0.15) is 0 Å². The van der Waals surface area contributed by atoms with E-state index in [4.69, 9.17) is 4.74 Å². The lowest BCUT2D eigenvalue weighted by atomic mass is 9.95. The molecule has 0 spiro atoms. The summed E-state index contributed by atoms with van der Waals surface area (Å²) in [5.41, 5.74) is 2.51. The monoisotopic (exact) mass is 540 g/mol. The number of hydrogen-bond donors (Lipinski definition) is 2. The predicted molar refractivity (Wildman–Crippen MR) is 153 cm³/mol. The van der Waals surface area contributed by atoms with E-state index in [1.54, 1.807) is 6.07 Å². The smallest absolute Gasteiger partial charge is 0.325 e. The van der Waals surface area contributed by atoms with E-state index in [0.29, 0.717) is 24.7 Å². The molecule has 1 saturated heterocycles. The first-order valence-electron chi connectivity index (χ1n) is 14.5. The number of anilines is 1. The van der Waals surface area contributed by atoms with E-state index in [-0.39, 0.29) is 17.7 Å². The molecule has 0 bridgehead atoms. The zero-order chi connectivity index (χ0) is 27.9. The van der Waals surface area contributed by atoms with Crippen LogP contribution in [0.1, 0.15) is 87.4 Å². The van der Waals surface area contributed by atoms with Crippen molar-refractivity contribution in [1.82, 2.24) is 14.8 Å². The minimum absolute atomic E-state index is 0.0347. The minimum Gasteiger partial charge on any atom is -0.493 e. The van der Waals surface area contributed by atoms with Gasteiger partial charge < -0.3 is 20.1 Å². The van der Waals surface area contributed by atoms with Crippen LogP contribution in [0.5, 0.6) is 5.75 Å². The number of carbonyl (C=O) groups is 1. The summed E-state index contributed by atoms with van der Waals surface area (Å²) in [7, 11) is 3.54. The Bertz CT molecular complexity index is 1110. The third-order valence-electron chi connectivity index (χ3n) is 8.48. The fraction of sp³-hybridized carbons (Fsp3) is 0.613. The third-order valence-corrected chi connectivity index (χ3v) is 8.48. The molecule has 214 valence electrons. The van der Waals surface area contributed by atoms with Gasteiger partial charge in [-0.15, -0.1) is 0 Å². The van der Waals surface area contributed by atoms with Crippen LogP contribution in [0.2, 0.25) is 0 Å². The summed E-state index contributed by atoms with van der Waals surface area (Å²) in [5, 5.41) is 13.8. The Hall–Kier alpha value is -2.71. The molecule has 2 aromatic rings. The first-order valence-corrected chi connectivity index (χ1v) is 14.5. The van der Waals surface area contributed by atoms with Crippen LogP contribution in [0.25, 0.3) is 0 Å². The summed E-state index contributed by atoms with van der Waals surface area (Å²) in [6.07, 6.45) is 11.0. The van der Waals surface area contributed by atoms with Crippen LogP contribution in [0.3, 0.4) is 0 Å². The summed E-state index contributed by atoms with van der Waals surface area (Å²) in [4.78, 5) is 21.2. The molecule has 2 aliphatic heterocycles. The highest BCUT2D eigenvalue weighted by atomic mass is 19.1. The molecule has 0 saturated carbocycles. The fourth-order valence-corrected chi connectivity index (χ4v) is 6.11. The molecule has 0 unspecified atom stereocenters. The maximum Gasteiger partial charge on any atom is 0.325 e. The maximum atomic E-state index is 14.8. The lowest BCUT2D eigenvalue weighted by molar-refractivity contribution is -0.143. The van der Waals surface area contributed by atoms with Gasteiger partial charge in [-0.3, -0.25) is 9.69 Å². The summed E-state index contributed by atoms with van der Waals surface area (Å²) in [6.45, 7) is 6.26.